The molecule has 0 unspecified atom stereocenters. The summed E-state index contributed by atoms with van der Waals surface area (Å²) in [4.78, 5) is 10.7. The van der Waals surface area contributed by atoms with Crippen molar-refractivity contribution in [1.29, 1.82) is 5.41 Å². The van der Waals surface area contributed by atoms with Crippen molar-refractivity contribution in [3.63, 3.8) is 0 Å². The maximum absolute atomic E-state index is 10.7. The van der Waals surface area contributed by atoms with Crippen molar-refractivity contribution in [2.24, 2.45) is 0 Å². The summed E-state index contributed by atoms with van der Waals surface area (Å²) in [5.41, 5.74) is 1.33. The Kier molecular flexibility index (Phi) is 7.07. The van der Waals surface area contributed by atoms with Crippen LogP contribution in [0.15, 0.2) is 48.7 Å². The molecule has 5 nitrogen and oxygen atoms in total. The largest absolute Gasteiger partial charge is 0.492 e. The molecular weight excluding hydrogens is 292 g/mol. The van der Waals surface area contributed by atoms with Gasteiger partial charge in [0.2, 0.25) is 6.41 Å². The maximum atomic E-state index is 10.7. The molecule has 2 rings (SSSR count). The monoisotopic (exact) mass is 314 g/mol. The van der Waals surface area contributed by atoms with Gasteiger partial charge in [-0.2, -0.15) is 0 Å². The van der Waals surface area contributed by atoms with E-state index in [1.54, 1.807) is 12.1 Å². The minimum atomic E-state index is 0.142. The van der Waals surface area contributed by atoms with Crippen molar-refractivity contribution >= 4 is 6.41 Å². The molecule has 1 N–H and O–H groups in total. The van der Waals surface area contributed by atoms with E-state index in [0.717, 1.165) is 25.9 Å². The Bertz CT molecular complexity index is 653. The van der Waals surface area contributed by atoms with Crippen molar-refractivity contribution in [1.82, 2.24) is 4.57 Å². The van der Waals surface area contributed by atoms with Gasteiger partial charge in [-0.1, -0.05) is 30.3 Å². The summed E-state index contributed by atoms with van der Waals surface area (Å²) in [7, 11) is 0. The van der Waals surface area contributed by atoms with E-state index in [1.165, 1.54) is 16.3 Å². The molecule has 0 saturated heterocycles. The van der Waals surface area contributed by atoms with E-state index in [-0.39, 0.29) is 5.49 Å². The standard InChI is InChI=1S/C18H22N2O3/c19-18-10-9-17(13-20(18)15-21)23-12-6-2-5-11-22-14-16-7-3-1-4-8-16/h1,3-4,7-10,13,15,19H,2,5-6,11-12,14H2. The number of aromatic nitrogens is 1. The molecule has 0 bridgehead atoms. The van der Waals surface area contributed by atoms with Crippen molar-refractivity contribution < 1.29 is 14.3 Å². The van der Waals surface area contributed by atoms with Gasteiger partial charge in [-0.25, -0.2) is 0 Å². The maximum Gasteiger partial charge on any atom is 0.219 e. The molecule has 0 aliphatic heterocycles. The third-order valence-electron chi connectivity index (χ3n) is 3.38. The first-order valence-electron chi connectivity index (χ1n) is 7.76. The van der Waals surface area contributed by atoms with Crippen molar-refractivity contribution in [3.8, 4) is 5.75 Å². The highest BCUT2D eigenvalue weighted by Crippen LogP contribution is 2.08. The number of benzene rings is 1. The van der Waals surface area contributed by atoms with Crippen LogP contribution in [0, 0.1) is 5.41 Å². The van der Waals surface area contributed by atoms with Gasteiger partial charge in [0.1, 0.15) is 11.2 Å². The van der Waals surface area contributed by atoms with E-state index in [9.17, 15) is 4.79 Å². The van der Waals surface area contributed by atoms with Crippen LogP contribution < -0.4 is 10.2 Å². The summed E-state index contributed by atoms with van der Waals surface area (Å²) in [5.74, 6) is 0.605. The molecule has 0 aliphatic rings. The number of carbonyl (C=O) groups is 1. The van der Waals surface area contributed by atoms with Gasteiger partial charge in [-0.05, 0) is 37.0 Å². The Morgan fingerprint density at radius 3 is 2.57 bits per heavy atom. The van der Waals surface area contributed by atoms with Gasteiger partial charge in [-0.3, -0.25) is 14.8 Å². The number of carbonyl (C=O) groups excluding carboxylic acids is 1. The first kappa shape index (κ1) is 17.0. The van der Waals surface area contributed by atoms with Gasteiger partial charge in [0.15, 0.2) is 0 Å². The molecule has 0 spiro atoms. The molecule has 1 aromatic heterocycles. The lowest BCUT2D eigenvalue weighted by Crippen LogP contribution is -2.18. The fourth-order valence-corrected chi connectivity index (χ4v) is 2.11. The van der Waals surface area contributed by atoms with Crippen LogP contribution >= 0.6 is 0 Å². The molecule has 0 aliphatic carbocycles. The highest BCUT2D eigenvalue weighted by atomic mass is 16.5. The number of nitrogens with zero attached hydrogens (tertiary/aromatic N) is 1. The quantitative estimate of drug-likeness (QED) is 0.542. The first-order chi connectivity index (χ1) is 11.3. The highest BCUT2D eigenvalue weighted by molar-refractivity contribution is 5.52. The average molecular weight is 314 g/mol. The molecule has 1 aromatic carbocycles. The predicted molar refractivity (Wildman–Crippen MR) is 87.9 cm³/mol. The lowest BCUT2D eigenvalue weighted by Gasteiger charge is -2.07. The summed E-state index contributed by atoms with van der Waals surface area (Å²) in [6, 6.07) is 13.4. The Morgan fingerprint density at radius 2 is 1.78 bits per heavy atom. The fourth-order valence-electron chi connectivity index (χ4n) is 2.11. The molecule has 0 saturated carbocycles. The van der Waals surface area contributed by atoms with E-state index in [2.05, 4.69) is 12.1 Å². The summed E-state index contributed by atoms with van der Waals surface area (Å²) < 4.78 is 12.4. The summed E-state index contributed by atoms with van der Waals surface area (Å²) in [6.45, 7) is 1.99. The van der Waals surface area contributed by atoms with Crippen LogP contribution in [-0.2, 0) is 16.1 Å². The van der Waals surface area contributed by atoms with Crippen LogP contribution in [0.1, 0.15) is 24.8 Å². The Hall–Kier alpha value is -2.40. The van der Waals surface area contributed by atoms with Crippen molar-refractivity contribution in [2.45, 2.75) is 25.9 Å². The van der Waals surface area contributed by atoms with Crippen LogP contribution in [0.4, 0.5) is 0 Å². The third kappa shape index (κ3) is 6.08. The SMILES string of the molecule is N=c1ccc(OCCCCCOCc2ccccc2)cn1C=O. The number of ether oxygens (including phenoxy) is 2. The molecule has 23 heavy (non-hydrogen) atoms. The van der Waals surface area contributed by atoms with E-state index in [0.29, 0.717) is 25.4 Å². The zero-order valence-corrected chi connectivity index (χ0v) is 13.1. The second kappa shape index (κ2) is 9.58. The Labute approximate surface area is 136 Å². The molecule has 0 amide bonds. The van der Waals surface area contributed by atoms with Crippen LogP contribution in [0.25, 0.3) is 0 Å². The first-order valence-corrected chi connectivity index (χ1v) is 7.76. The average Bonchev–Trinajstić information content (AvgIpc) is 2.59. The van der Waals surface area contributed by atoms with Gasteiger partial charge >= 0.3 is 0 Å². The van der Waals surface area contributed by atoms with Crippen molar-refractivity contribution in [2.75, 3.05) is 13.2 Å². The normalized spacial score (nSPS) is 10.4. The second-order valence-electron chi connectivity index (χ2n) is 5.21. The highest BCUT2D eigenvalue weighted by Gasteiger charge is 1.97. The topological polar surface area (TPSA) is 64.3 Å². The summed E-state index contributed by atoms with van der Waals surface area (Å²) in [5, 5.41) is 7.50. The molecule has 1 heterocycles. The predicted octanol–water partition coefficient (Wildman–Crippen LogP) is 2.77. The number of hydrogen-bond acceptors (Lipinski definition) is 4. The minimum Gasteiger partial charge on any atom is -0.492 e. The van der Waals surface area contributed by atoms with E-state index >= 15 is 0 Å². The van der Waals surface area contributed by atoms with Gasteiger partial charge in [0.05, 0.1) is 19.4 Å². The zero-order chi connectivity index (χ0) is 16.3. The molecule has 2 aromatic rings. The summed E-state index contributed by atoms with van der Waals surface area (Å²) >= 11 is 0. The number of pyridine rings is 1. The smallest absolute Gasteiger partial charge is 0.219 e. The molecule has 0 radical (unpaired) electrons. The van der Waals surface area contributed by atoms with Crippen LogP contribution in [0.2, 0.25) is 0 Å². The van der Waals surface area contributed by atoms with E-state index in [4.69, 9.17) is 14.9 Å². The molecule has 0 atom stereocenters. The number of hydrogen-bond donors (Lipinski definition) is 1. The third-order valence-corrected chi connectivity index (χ3v) is 3.38. The van der Waals surface area contributed by atoms with E-state index < -0.39 is 0 Å². The molecule has 0 fully saturated rings. The van der Waals surface area contributed by atoms with Crippen LogP contribution in [0.5, 0.6) is 5.75 Å². The summed E-state index contributed by atoms with van der Waals surface area (Å²) in [6.07, 6.45) is 5.07. The lowest BCUT2D eigenvalue weighted by atomic mass is 10.2. The van der Waals surface area contributed by atoms with Crippen molar-refractivity contribution in [3.05, 3.63) is 59.7 Å². The fraction of sp³-hybridized carbons (Fsp3) is 0.333. The van der Waals surface area contributed by atoms with Gasteiger partial charge in [-0.15, -0.1) is 0 Å². The second-order valence-corrected chi connectivity index (χ2v) is 5.21. The van der Waals surface area contributed by atoms with Crippen LogP contribution in [-0.4, -0.2) is 24.2 Å². The Morgan fingerprint density at radius 1 is 1.00 bits per heavy atom. The Balaban J connectivity index is 1.54. The van der Waals surface area contributed by atoms with Gasteiger partial charge in [0.25, 0.3) is 0 Å². The number of nitrogens with one attached hydrogen (secondary N) is 1. The number of unbranched alkanes of at least 4 members (excludes halogenated alkanes) is 2. The molecular formula is C18H22N2O3. The van der Waals surface area contributed by atoms with E-state index in [1.807, 2.05) is 18.2 Å². The zero-order valence-electron chi connectivity index (χ0n) is 13.1. The molecule has 5 heteroatoms. The minimum absolute atomic E-state index is 0.142. The molecule has 122 valence electrons. The van der Waals surface area contributed by atoms with Gasteiger partial charge < -0.3 is 9.47 Å². The number of rotatable bonds is 10. The van der Waals surface area contributed by atoms with Crippen LogP contribution in [0.3, 0.4) is 0 Å². The lowest BCUT2D eigenvalue weighted by molar-refractivity contribution is 0.116. The van der Waals surface area contributed by atoms with Gasteiger partial charge in [0, 0.05) is 6.61 Å².